The molecular formula is C20H23N7OS. The number of hydrogen-bond donors (Lipinski definition) is 3. The lowest BCUT2D eigenvalue weighted by Gasteiger charge is -2.17. The number of benzene rings is 1. The Labute approximate surface area is 173 Å². The molecule has 3 N–H and O–H groups in total. The maximum Gasteiger partial charge on any atom is 0.227 e. The van der Waals surface area contributed by atoms with Crippen LogP contribution in [0.4, 0.5) is 23.1 Å². The summed E-state index contributed by atoms with van der Waals surface area (Å²) in [5.74, 6) is 2.59. The van der Waals surface area contributed by atoms with Crippen molar-refractivity contribution in [2.24, 2.45) is 5.92 Å². The Hall–Kier alpha value is -3.07. The van der Waals surface area contributed by atoms with Crippen LogP contribution in [0, 0.1) is 5.92 Å². The fourth-order valence-electron chi connectivity index (χ4n) is 2.65. The number of hydrogen-bond acceptors (Lipinski definition) is 7. The van der Waals surface area contributed by atoms with Crippen LogP contribution in [0.1, 0.15) is 19.8 Å². The first-order valence-electron chi connectivity index (χ1n) is 9.56. The summed E-state index contributed by atoms with van der Waals surface area (Å²) in [5.41, 5.74) is 0.813. The molecule has 0 aliphatic heterocycles. The van der Waals surface area contributed by atoms with E-state index >= 15 is 0 Å². The first-order valence-corrected chi connectivity index (χ1v) is 10.4. The largest absolute Gasteiger partial charge is 0.360 e. The average Bonchev–Trinajstić information content (AvgIpc) is 3.46. The normalized spacial score (nSPS) is 13.2. The van der Waals surface area contributed by atoms with Gasteiger partial charge in [-0.3, -0.25) is 9.89 Å². The molecule has 4 rings (SSSR count). The fraction of sp³-hybridized carbons (Fsp3) is 0.300. The second-order valence-corrected chi connectivity index (χ2v) is 7.93. The van der Waals surface area contributed by atoms with Gasteiger partial charge in [0, 0.05) is 42.2 Å². The van der Waals surface area contributed by atoms with E-state index in [1.54, 1.807) is 6.20 Å². The third-order valence-electron chi connectivity index (χ3n) is 4.60. The molecule has 2 aromatic heterocycles. The standard InChI is InChI=1S/C20H23N7OS/c1-3-27(2)18-12-17(23-16-10-11-21-26-16)24-20(25-18)29-15-8-6-14(7-9-15)22-19(28)13-4-5-13/h6-13H,3-5H2,1-2H3,(H,22,28)(H2,21,23,24,25,26). The van der Waals surface area contributed by atoms with Gasteiger partial charge in [-0.1, -0.05) is 0 Å². The monoisotopic (exact) mass is 409 g/mol. The Morgan fingerprint density at radius 3 is 2.69 bits per heavy atom. The number of carbonyl (C=O) groups is 1. The number of carbonyl (C=O) groups excluding carboxylic acids is 1. The van der Waals surface area contributed by atoms with Gasteiger partial charge < -0.3 is 15.5 Å². The maximum absolute atomic E-state index is 11.9. The van der Waals surface area contributed by atoms with Crippen molar-refractivity contribution >= 4 is 40.8 Å². The molecule has 0 saturated heterocycles. The van der Waals surface area contributed by atoms with Gasteiger partial charge in [0.1, 0.15) is 17.5 Å². The zero-order valence-electron chi connectivity index (χ0n) is 16.3. The van der Waals surface area contributed by atoms with E-state index in [0.29, 0.717) is 11.0 Å². The Morgan fingerprint density at radius 1 is 1.24 bits per heavy atom. The molecule has 0 atom stereocenters. The number of nitrogens with zero attached hydrogens (tertiary/aromatic N) is 4. The number of nitrogens with one attached hydrogen (secondary N) is 3. The number of aromatic nitrogens is 4. The van der Waals surface area contributed by atoms with E-state index < -0.39 is 0 Å². The second kappa shape index (κ2) is 8.52. The van der Waals surface area contributed by atoms with E-state index in [2.05, 4.69) is 42.6 Å². The summed E-state index contributed by atoms with van der Waals surface area (Å²) in [4.78, 5) is 24.2. The Balaban J connectivity index is 1.51. The first kappa shape index (κ1) is 19.3. The lowest BCUT2D eigenvalue weighted by molar-refractivity contribution is -0.117. The van der Waals surface area contributed by atoms with Gasteiger partial charge in [-0.05, 0) is 55.8 Å². The fourth-order valence-corrected chi connectivity index (χ4v) is 3.41. The molecule has 0 radical (unpaired) electrons. The van der Waals surface area contributed by atoms with Gasteiger partial charge in [0.15, 0.2) is 5.16 Å². The van der Waals surface area contributed by atoms with Gasteiger partial charge in [-0.25, -0.2) is 9.97 Å². The predicted octanol–water partition coefficient (Wildman–Crippen LogP) is 3.90. The summed E-state index contributed by atoms with van der Waals surface area (Å²) < 4.78 is 0. The molecule has 29 heavy (non-hydrogen) atoms. The van der Waals surface area contributed by atoms with Crippen molar-refractivity contribution in [2.45, 2.75) is 29.8 Å². The number of anilines is 4. The molecule has 1 fully saturated rings. The van der Waals surface area contributed by atoms with Crippen LogP contribution in [0.15, 0.2) is 52.6 Å². The molecule has 9 heteroatoms. The van der Waals surface area contributed by atoms with Crippen molar-refractivity contribution in [2.75, 3.05) is 29.1 Å². The second-order valence-electron chi connectivity index (χ2n) is 6.89. The summed E-state index contributed by atoms with van der Waals surface area (Å²) in [5, 5.41) is 13.6. The minimum absolute atomic E-state index is 0.110. The quantitative estimate of drug-likeness (QED) is 0.485. The number of aromatic amines is 1. The molecule has 1 saturated carbocycles. The molecule has 1 amide bonds. The molecular weight excluding hydrogens is 386 g/mol. The van der Waals surface area contributed by atoms with Crippen LogP contribution in [-0.2, 0) is 4.79 Å². The molecule has 2 heterocycles. The zero-order valence-corrected chi connectivity index (χ0v) is 17.2. The molecule has 1 aliphatic carbocycles. The number of amides is 1. The van der Waals surface area contributed by atoms with Gasteiger partial charge in [-0.15, -0.1) is 0 Å². The van der Waals surface area contributed by atoms with Crippen molar-refractivity contribution < 1.29 is 4.79 Å². The summed E-state index contributed by atoms with van der Waals surface area (Å²) >= 11 is 1.48. The lowest BCUT2D eigenvalue weighted by atomic mass is 10.3. The van der Waals surface area contributed by atoms with E-state index in [9.17, 15) is 4.79 Å². The minimum atomic E-state index is 0.110. The van der Waals surface area contributed by atoms with Crippen molar-refractivity contribution in [3.05, 3.63) is 42.6 Å². The third kappa shape index (κ3) is 5.05. The van der Waals surface area contributed by atoms with Crippen LogP contribution in [0.2, 0.25) is 0 Å². The smallest absolute Gasteiger partial charge is 0.227 e. The summed E-state index contributed by atoms with van der Waals surface area (Å²) in [6.45, 7) is 2.91. The van der Waals surface area contributed by atoms with Crippen LogP contribution in [0.25, 0.3) is 0 Å². The van der Waals surface area contributed by atoms with E-state index in [0.717, 1.165) is 41.6 Å². The van der Waals surface area contributed by atoms with E-state index in [1.165, 1.54) is 11.8 Å². The summed E-state index contributed by atoms with van der Waals surface area (Å²) in [7, 11) is 1.99. The molecule has 1 aliphatic rings. The van der Waals surface area contributed by atoms with E-state index in [-0.39, 0.29) is 11.8 Å². The van der Waals surface area contributed by atoms with Crippen LogP contribution in [0.5, 0.6) is 0 Å². The van der Waals surface area contributed by atoms with Gasteiger partial charge in [-0.2, -0.15) is 5.10 Å². The first-order chi connectivity index (χ1) is 14.1. The van der Waals surface area contributed by atoms with Crippen molar-refractivity contribution in [1.29, 1.82) is 0 Å². The maximum atomic E-state index is 11.9. The molecule has 0 spiro atoms. The molecule has 0 unspecified atom stereocenters. The molecule has 150 valence electrons. The summed E-state index contributed by atoms with van der Waals surface area (Å²) in [6, 6.07) is 11.5. The van der Waals surface area contributed by atoms with Gasteiger partial charge in [0.05, 0.1) is 6.20 Å². The van der Waals surface area contributed by atoms with Crippen molar-refractivity contribution in [3.63, 3.8) is 0 Å². The SMILES string of the molecule is CCN(C)c1cc(Nc2ccn[nH]2)nc(Sc2ccc(NC(=O)C3CC3)cc2)n1. The van der Waals surface area contributed by atoms with Crippen LogP contribution in [0.3, 0.4) is 0 Å². The Kier molecular flexibility index (Phi) is 5.66. The van der Waals surface area contributed by atoms with Gasteiger partial charge in [0.25, 0.3) is 0 Å². The summed E-state index contributed by atoms with van der Waals surface area (Å²) in [6.07, 6.45) is 3.67. The van der Waals surface area contributed by atoms with E-state index in [1.807, 2.05) is 43.4 Å². The topological polar surface area (TPSA) is 98.8 Å². The minimum Gasteiger partial charge on any atom is -0.360 e. The van der Waals surface area contributed by atoms with Crippen LogP contribution < -0.4 is 15.5 Å². The highest BCUT2D eigenvalue weighted by molar-refractivity contribution is 7.99. The van der Waals surface area contributed by atoms with Crippen LogP contribution in [-0.4, -0.2) is 39.7 Å². The van der Waals surface area contributed by atoms with E-state index in [4.69, 9.17) is 0 Å². The third-order valence-corrected chi connectivity index (χ3v) is 5.47. The Bertz CT molecular complexity index is 971. The zero-order chi connectivity index (χ0) is 20.2. The average molecular weight is 410 g/mol. The van der Waals surface area contributed by atoms with Gasteiger partial charge in [0.2, 0.25) is 5.91 Å². The highest BCUT2D eigenvalue weighted by atomic mass is 32.2. The number of rotatable bonds is 8. The van der Waals surface area contributed by atoms with Crippen molar-refractivity contribution in [1.82, 2.24) is 20.2 Å². The lowest BCUT2D eigenvalue weighted by Crippen LogP contribution is -2.18. The highest BCUT2D eigenvalue weighted by Gasteiger charge is 2.29. The highest BCUT2D eigenvalue weighted by Crippen LogP contribution is 2.32. The molecule has 3 aromatic rings. The molecule has 0 bridgehead atoms. The predicted molar refractivity (Wildman–Crippen MR) is 115 cm³/mol. The Morgan fingerprint density at radius 2 is 2.03 bits per heavy atom. The van der Waals surface area contributed by atoms with Crippen molar-refractivity contribution in [3.8, 4) is 0 Å². The van der Waals surface area contributed by atoms with Crippen LogP contribution >= 0.6 is 11.8 Å². The molecule has 1 aromatic carbocycles. The number of H-pyrrole nitrogens is 1. The van der Waals surface area contributed by atoms with Gasteiger partial charge >= 0.3 is 0 Å². The molecule has 8 nitrogen and oxygen atoms in total.